The highest BCUT2D eigenvalue weighted by Gasteiger charge is 2.31. The Hall–Kier alpha value is -0.510. The molecule has 3 nitrogen and oxygen atoms in total. The number of rotatable bonds is 2. The van der Waals surface area contributed by atoms with E-state index in [4.69, 9.17) is 34.8 Å². The largest absolute Gasteiger partial charge is 0.309 e. The van der Waals surface area contributed by atoms with Crippen LogP contribution in [-0.4, -0.2) is 23.3 Å². The number of hydrogen-bond donors (Lipinski definition) is 0. The number of aromatic nitrogens is 1. The van der Waals surface area contributed by atoms with Crippen molar-refractivity contribution in [1.29, 1.82) is 0 Å². The van der Waals surface area contributed by atoms with Crippen LogP contribution >= 0.6 is 34.8 Å². The van der Waals surface area contributed by atoms with Crippen LogP contribution in [0.1, 0.15) is 6.42 Å². The van der Waals surface area contributed by atoms with E-state index in [1.807, 2.05) is 0 Å². The Kier molecular flexibility index (Phi) is 3.57. The first-order chi connectivity index (χ1) is 7.61. The third-order valence-electron chi connectivity index (χ3n) is 2.51. The molecule has 1 aromatic rings. The van der Waals surface area contributed by atoms with Gasteiger partial charge in [-0.3, -0.25) is 4.79 Å². The van der Waals surface area contributed by atoms with Crippen molar-refractivity contribution in [2.24, 2.45) is 5.92 Å². The number of carbonyl (C=O) groups is 1. The lowest BCUT2D eigenvalue weighted by Gasteiger charge is -2.17. The van der Waals surface area contributed by atoms with Gasteiger partial charge in [-0.15, -0.1) is 11.6 Å². The molecule has 0 aromatic carbocycles. The number of alkyl halides is 1. The van der Waals surface area contributed by atoms with Crippen molar-refractivity contribution in [2.75, 3.05) is 17.3 Å². The molecule has 0 bridgehead atoms. The van der Waals surface area contributed by atoms with Crippen LogP contribution in [0.3, 0.4) is 0 Å². The van der Waals surface area contributed by atoms with Gasteiger partial charge in [-0.25, -0.2) is 4.98 Å². The fraction of sp³-hybridized carbons (Fsp3) is 0.400. The molecule has 6 heteroatoms. The minimum atomic E-state index is 0.0247. The number of nitrogens with zero attached hydrogens (tertiary/aromatic N) is 2. The van der Waals surface area contributed by atoms with E-state index >= 15 is 0 Å². The fourth-order valence-electron chi connectivity index (χ4n) is 1.72. The van der Waals surface area contributed by atoms with E-state index in [1.54, 1.807) is 4.90 Å². The van der Waals surface area contributed by atoms with Gasteiger partial charge in [0, 0.05) is 18.8 Å². The Morgan fingerprint density at radius 3 is 2.81 bits per heavy atom. The van der Waals surface area contributed by atoms with Crippen LogP contribution in [0.2, 0.25) is 10.2 Å². The standard InChI is InChI=1S/C10H9Cl3N2O/c11-3-6-1-10(16)15(5-6)8-4-14-9(13)2-7(8)12/h2,4,6H,1,3,5H2. The van der Waals surface area contributed by atoms with E-state index in [2.05, 4.69) is 4.98 Å². The van der Waals surface area contributed by atoms with E-state index in [0.29, 0.717) is 34.7 Å². The second kappa shape index (κ2) is 4.78. The second-order valence-corrected chi connectivity index (χ2v) is 4.79. The Morgan fingerprint density at radius 2 is 2.25 bits per heavy atom. The summed E-state index contributed by atoms with van der Waals surface area (Å²) in [6.45, 7) is 0.589. The summed E-state index contributed by atoms with van der Waals surface area (Å²) >= 11 is 17.5. The van der Waals surface area contributed by atoms with Gasteiger partial charge in [0.2, 0.25) is 5.91 Å². The SMILES string of the molecule is O=C1CC(CCl)CN1c1cnc(Cl)cc1Cl. The molecule has 1 amide bonds. The monoisotopic (exact) mass is 278 g/mol. The maximum Gasteiger partial charge on any atom is 0.227 e. The van der Waals surface area contributed by atoms with E-state index in [9.17, 15) is 4.79 Å². The fourth-order valence-corrected chi connectivity index (χ4v) is 2.39. The Bertz CT molecular complexity index is 425. The predicted molar refractivity (Wildman–Crippen MR) is 65.4 cm³/mol. The molecule has 1 aromatic heterocycles. The molecule has 2 heterocycles. The van der Waals surface area contributed by atoms with Crippen molar-refractivity contribution in [1.82, 2.24) is 4.98 Å². The number of amides is 1. The third kappa shape index (κ3) is 2.26. The first kappa shape index (κ1) is 12.0. The Morgan fingerprint density at radius 1 is 1.50 bits per heavy atom. The van der Waals surface area contributed by atoms with Crippen LogP contribution in [0.4, 0.5) is 5.69 Å². The highest BCUT2D eigenvalue weighted by Crippen LogP contribution is 2.32. The van der Waals surface area contributed by atoms with Crippen LogP contribution in [0.15, 0.2) is 12.3 Å². The van der Waals surface area contributed by atoms with Gasteiger partial charge in [0.1, 0.15) is 5.15 Å². The lowest BCUT2D eigenvalue weighted by atomic mass is 10.1. The number of hydrogen-bond acceptors (Lipinski definition) is 2. The van der Waals surface area contributed by atoms with E-state index < -0.39 is 0 Å². The van der Waals surface area contributed by atoms with Crippen molar-refractivity contribution in [3.63, 3.8) is 0 Å². The Balaban J connectivity index is 2.28. The molecule has 1 unspecified atom stereocenters. The van der Waals surface area contributed by atoms with Crippen molar-refractivity contribution >= 4 is 46.4 Å². The summed E-state index contributed by atoms with van der Waals surface area (Å²) in [5.41, 5.74) is 0.601. The van der Waals surface area contributed by atoms with Crippen molar-refractivity contribution < 1.29 is 4.79 Å². The molecule has 1 saturated heterocycles. The molecule has 0 spiro atoms. The highest BCUT2D eigenvalue weighted by molar-refractivity contribution is 6.36. The van der Waals surface area contributed by atoms with Crippen LogP contribution in [0, 0.1) is 5.92 Å². The van der Waals surface area contributed by atoms with Gasteiger partial charge in [0.05, 0.1) is 16.9 Å². The normalized spacial score (nSPS) is 20.6. The van der Waals surface area contributed by atoms with Crippen molar-refractivity contribution in [2.45, 2.75) is 6.42 Å². The van der Waals surface area contributed by atoms with Crippen LogP contribution in [0.25, 0.3) is 0 Å². The molecule has 1 aliphatic rings. The molecular formula is C10H9Cl3N2O. The summed E-state index contributed by atoms with van der Waals surface area (Å²) in [5.74, 6) is 0.679. The molecular weight excluding hydrogens is 270 g/mol. The maximum absolute atomic E-state index is 11.7. The van der Waals surface area contributed by atoms with E-state index in [-0.39, 0.29) is 11.8 Å². The predicted octanol–water partition coefficient (Wildman–Crippen LogP) is 2.98. The lowest BCUT2D eigenvalue weighted by Crippen LogP contribution is -2.25. The zero-order valence-electron chi connectivity index (χ0n) is 8.29. The smallest absolute Gasteiger partial charge is 0.227 e. The third-order valence-corrected chi connectivity index (χ3v) is 3.46. The summed E-state index contributed by atoms with van der Waals surface area (Å²) in [5, 5.41) is 0.748. The number of halogens is 3. The van der Waals surface area contributed by atoms with Gasteiger partial charge in [-0.2, -0.15) is 0 Å². The van der Waals surface area contributed by atoms with Gasteiger partial charge in [0.15, 0.2) is 0 Å². The number of carbonyl (C=O) groups excluding carboxylic acids is 1. The lowest BCUT2D eigenvalue weighted by molar-refractivity contribution is -0.117. The quantitative estimate of drug-likeness (QED) is 0.616. The summed E-state index contributed by atoms with van der Waals surface area (Å²) in [7, 11) is 0. The average Bonchev–Trinajstić information content (AvgIpc) is 2.60. The summed E-state index contributed by atoms with van der Waals surface area (Å²) in [6.07, 6.45) is 1.97. The van der Waals surface area contributed by atoms with Gasteiger partial charge < -0.3 is 4.90 Å². The van der Waals surface area contributed by atoms with Gasteiger partial charge in [0.25, 0.3) is 0 Å². The molecule has 0 aliphatic carbocycles. The van der Waals surface area contributed by atoms with E-state index in [1.165, 1.54) is 12.3 Å². The van der Waals surface area contributed by atoms with E-state index in [0.717, 1.165) is 0 Å². The van der Waals surface area contributed by atoms with Gasteiger partial charge in [-0.1, -0.05) is 23.2 Å². The number of pyridine rings is 1. The molecule has 1 atom stereocenters. The minimum Gasteiger partial charge on any atom is -0.309 e. The van der Waals surface area contributed by atoms with Crippen molar-refractivity contribution in [3.8, 4) is 0 Å². The summed E-state index contributed by atoms with van der Waals surface area (Å²) in [4.78, 5) is 17.3. The first-order valence-corrected chi connectivity index (χ1v) is 6.08. The molecule has 86 valence electrons. The summed E-state index contributed by atoms with van der Waals surface area (Å²) in [6, 6.07) is 1.53. The topological polar surface area (TPSA) is 33.2 Å². The molecule has 0 saturated carbocycles. The molecule has 2 rings (SSSR count). The molecule has 16 heavy (non-hydrogen) atoms. The molecule has 1 fully saturated rings. The Labute approximate surface area is 108 Å². The molecule has 0 radical (unpaired) electrons. The van der Waals surface area contributed by atoms with Crippen LogP contribution in [0.5, 0.6) is 0 Å². The zero-order chi connectivity index (χ0) is 11.7. The maximum atomic E-state index is 11.7. The van der Waals surface area contributed by atoms with Gasteiger partial charge in [-0.05, 0) is 12.0 Å². The van der Waals surface area contributed by atoms with Crippen LogP contribution < -0.4 is 4.90 Å². The van der Waals surface area contributed by atoms with Crippen LogP contribution in [-0.2, 0) is 4.79 Å². The highest BCUT2D eigenvalue weighted by atomic mass is 35.5. The average molecular weight is 280 g/mol. The first-order valence-electron chi connectivity index (χ1n) is 4.79. The number of anilines is 1. The molecule has 0 N–H and O–H groups in total. The zero-order valence-corrected chi connectivity index (χ0v) is 10.6. The molecule has 1 aliphatic heterocycles. The van der Waals surface area contributed by atoms with Gasteiger partial charge >= 0.3 is 0 Å². The van der Waals surface area contributed by atoms with Crippen molar-refractivity contribution in [3.05, 3.63) is 22.4 Å². The minimum absolute atomic E-state index is 0.0247. The summed E-state index contributed by atoms with van der Waals surface area (Å²) < 4.78 is 0. The second-order valence-electron chi connectivity index (χ2n) is 3.69.